The van der Waals surface area contributed by atoms with Crippen molar-refractivity contribution in [3.63, 3.8) is 0 Å². The van der Waals surface area contributed by atoms with E-state index in [1.165, 1.54) is 0 Å². The molecule has 4 atom stereocenters. The summed E-state index contributed by atoms with van der Waals surface area (Å²) in [5.41, 5.74) is -1.33. The quantitative estimate of drug-likeness (QED) is 0.382. The first-order valence-corrected chi connectivity index (χ1v) is 5.07. The van der Waals surface area contributed by atoms with Crippen molar-refractivity contribution in [2.75, 3.05) is 6.56 Å². The van der Waals surface area contributed by atoms with Crippen LogP contribution in [0, 0.1) is 5.41 Å². The van der Waals surface area contributed by atoms with Gasteiger partial charge in [-0.25, -0.2) is 9.78 Å². The van der Waals surface area contributed by atoms with Crippen LogP contribution in [-0.2, 0) is 11.3 Å². The molecule has 2 rings (SSSR count). The fourth-order valence-corrected chi connectivity index (χ4v) is 1.66. The fourth-order valence-electron chi connectivity index (χ4n) is 1.66. The Balaban J connectivity index is 2.26. The zero-order valence-electron chi connectivity index (χ0n) is 12.1. The van der Waals surface area contributed by atoms with E-state index >= 15 is 0 Å². The lowest BCUT2D eigenvalue weighted by Gasteiger charge is -2.15. The molecule has 9 nitrogen and oxygen atoms in total. The van der Waals surface area contributed by atoms with E-state index in [0.717, 1.165) is 4.57 Å². The Kier molecular flexibility index (Phi) is 2.60. The van der Waals surface area contributed by atoms with Gasteiger partial charge in [0.25, 0.3) is 0 Å². The van der Waals surface area contributed by atoms with Crippen molar-refractivity contribution < 1.29 is 24.2 Å². The van der Waals surface area contributed by atoms with E-state index in [1.54, 1.807) is 0 Å². The molecule has 0 saturated carbocycles. The van der Waals surface area contributed by atoms with E-state index in [0.29, 0.717) is 0 Å². The van der Waals surface area contributed by atoms with Gasteiger partial charge < -0.3 is 20.1 Å². The third-order valence-corrected chi connectivity index (χ3v) is 2.61. The minimum Gasteiger partial charge on any atom is -0.394 e. The molecule has 0 aliphatic carbocycles. The second kappa shape index (κ2) is 4.98. The van der Waals surface area contributed by atoms with E-state index in [-0.39, 0.29) is 0 Å². The van der Waals surface area contributed by atoms with Gasteiger partial charge in [-0.3, -0.25) is 15.0 Å². The smallest absolute Gasteiger partial charge is 0.329 e. The van der Waals surface area contributed by atoms with E-state index < -0.39 is 55.1 Å². The van der Waals surface area contributed by atoms with Crippen LogP contribution in [0.2, 0.25) is 0 Å². The molecule has 5 N–H and O–H groups in total. The van der Waals surface area contributed by atoms with Gasteiger partial charge >= 0.3 is 5.69 Å². The maximum atomic E-state index is 11.6. The van der Waals surface area contributed by atoms with Gasteiger partial charge in [0.2, 0.25) is 5.62 Å². The summed E-state index contributed by atoms with van der Waals surface area (Å²) in [5, 5.41) is 35.8. The Labute approximate surface area is 105 Å². The molecule has 0 amide bonds. The molecule has 1 saturated heterocycles. The maximum absolute atomic E-state index is 11.6. The first kappa shape index (κ1) is 9.39. The van der Waals surface area contributed by atoms with E-state index in [9.17, 15) is 20.1 Å². The molecule has 0 radical (unpaired) electrons. The largest absolute Gasteiger partial charge is 0.394 e. The predicted molar refractivity (Wildman–Crippen MR) is 56.5 cm³/mol. The molecule has 100 valence electrons. The highest BCUT2D eigenvalue weighted by Crippen LogP contribution is 2.21. The van der Waals surface area contributed by atoms with E-state index in [4.69, 9.17) is 14.3 Å². The molecule has 9 heteroatoms. The van der Waals surface area contributed by atoms with Crippen molar-refractivity contribution in [1.29, 1.82) is 5.41 Å². The number of rotatable bonds is 3. The van der Waals surface area contributed by atoms with Crippen LogP contribution in [0.15, 0.2) is 11.1 Å². The van der Waals surface area contributed by atoms with Crippen molar-refractivity contribution in [2.45, 2.75) is 31.0 Å². The third kappa shape index (κ3) is 2.34. The van der Waals surface area contributed by atoms with Gasteiger partial charge in [-0.2, -0.15) is 0 Å². The molecule has 0 aromatic carbocycles. The van der Waals surface area contributed by atoms with Gasteiger partial charge in [0, 0.05) is 0 Å². The van der Waals surface area contributed by atoms with E-state index in [1.807, 2.05) is 4.98 Å². The Hall–Kier alpha value is -1.55. The average Bonchev–Trinajstić information content (AvgIpc) is 2.61. The van der Waals surface area contributed by atoms with Crippen LogP contribution in [0.25, 0.3) is 0 Å². The van der Waals surface area contributed by atoms with Crippen LogP contribution in [0.5, 0.6) is 0 Å². The summed E-state index contributed by atoms with van der Waals surface area (Å²) in [6.45, 7) is -3.27. The number of hydrogen-bond donors (Lipinski definition) is 5. The Morgan fingerprint density at radius 2 is 2.28 bits per heavy atom. The Morgan fingerprint density at radius 3 is 2.83 bits per heavy atom. The van der Waals surface area contributed by atoms with Crippen LogP contribution in [-0.4, -0.2) is 60.8 Å². The van der Waals surface area contributed by atoms with Crippen molar-refractivity contribution >= 4 is 0 Å². The number of H-pyrrole nitrogens is 1. The van der Waals surface area contributed by atoms with Crippen molar-refractivity contribution in [3.05, 3.63) is 22.4 Å². The van der Waals surface area contributed by atoms with Crippen molar-refractivity contribution in [1.82, 2.24) is 14.5 Å². The number of aliphatic hydroxyl groups excluding tert-OH is 2. The predicted octanol–water partition coefficient (Wildman–Crippen LogP) is -3.47. The van der Waals surface area contributed by atoms with Crippen molar-refractivity contribution in [3.8, 4) is 0 Å². The third-order valence-electron chi connectivity index (χ3n) is 2.61. The Morgan fingerprint density at radius 1 is 1.61 bits per heavy atom. The molecule has 1 aromatic rings. The van der Waals surface area contributed by atoms with Crippen LogP contribution in [0.3, 0.4) is 0 Å². The zero-order chi connectivity index (χ0) is 15.9. The van der Waals surface area contributed by atoms with Gasteiger partial charge in [-0.15, -0.1) is 0 Å². The molecule has 1 fully saturated rings. The van der Waals surface area contributed by atoms with Crippen LogP contribution >= 0.6 is 0 Å². The normalized spacial score (nSPS) is 34.9. The maximum Gasteiger partial charge on any atom is 0.329 e. The van der Waals surface area contributed by atoms with Crippen LogP contribution < -0.4 is 11.3 Å². The lowest BCUT2D eigenvalue weighted by Crippen LogP contribution is -2.39. The molecular formula is C9H14N4O5. The highest BCUT2D eigenvalue weighted by atomic mass is 16.6. The minimum atomic E-state index is -2.88. The monoisotopic (exact) mass is 261 g/mol. The molecule has 2 heterocycles. The summed E-state index contributed by atoms with van der Waals surface area (Å²) >= 11 is 0. The molecule has 18 heavy (non-hydrogen) atoms. The van der Waals surface area contributed by atoms with Gasteiger partial charge in [-0.05, 0) is 0 Å². The summed E-state index contributed by atoms with van der Waals surface area (Å²) < 4.78 is 27.5. The molecule has 1 aromatic heterocycles. The molecule has 1 unspecified atom stereocenters. The first-order valence-electron chi connectivity index (χ1n) is 6.57. The number of nitrogens with zero attached hydrogens (tertiary/aromatic N) is 2. The number of aromatic amines is 1. The second-order valence-corrected chi connectivity index (χ2v) is 3.81. The van der Waals surface area contributed by atoms with Crippen LogP contribution in [0.4, 0.5) is 0 Å². The number of aromatic nitrogens is 3. The van der Waals surface area contributed by atoms with Gasteiger partial charge in [0.1, 0.15) is 32.1 Å². The van der Waals surface area contributed by atoms with Crippen LogP contribution in [0.1, 0.15) is 4.11 Å². The lowest BCUT2D eigenvalue weighted by molar-refractivity contribution is -0.0270. The lowest BCUT2D eigenvalue weighted by atomic mass is 10.1. The molecular weight excluding hydrogens is 244 g/mol. The summed E-state index contributed by atoms with van der Waals surface area (Å²) in [5.74, 6) is 0. The highest BCUT2D eigenvalue weighted by molar-refractivity contribution is 4.90. The number of ether oxygens (including phenoxy) is 1. The van der Waals surface area contributed by atoms with Gasteiger partial charge in [0.05, 0.1) is 15.8 Å². The summed E-state index contributed by atoms with van der Waals surface area (Å²) in [6.07, 6.45) is -6.70. The zero-order valence-corrected chi connectivity index (χ0v) is 9.07. The molecule has 0 bridgehead atoms. The highest BCUT2D eigenvalue weighted by Gasteiger charge is 2.42. The van der Waals surface area contributed by atoms with Gasteiger partial charge in [-0.1, -0.05) is 0 Å². The summed E-state index contributed by atoms with van der Waals surface area (Å²) in [6, 6.07) is 0. The summed E-state index contributed by atoms with van der Waals surface area (Å²) in [7, 11) is 0. The number of nitrogens with one attached hydrogen (secondary N) is 2. The fraction of sp³-hybridized carbons (Fsp3) is 0.667. The standard InChI is InChI=1S/C9H14N4O5/c10-8-11-3-13(9(17)12-8)1-4-6(15)7(16)5(2-14)18-4/h3-7,14-16H,1-2H2,(H2,10,12,17)/t4-,5+,6+,7?/m0/s1/i2D2,3D. The topological polar surface area (TPSA) is 144 Å². The minimum absolute atomic E-state index is 0.397. The SMILES string of the molecule is [2H]c1nc(=N)[nH]c(=O)n1C[C@@H]1O[C@H](C([2H])([2H])O)C(O)[C@@H]1O. The molecule has 1 aliphatic heterocycles. The van der Waals surface area contributed by atoms with Crippen molar-refractivity contribution in [2.24, 2.45) is 0 Å². The average molecular weight is 261 g/mol. The van der Waals surface area contributed by atoms with E-state index in [2.05, 4.69) is 4.98 Å². The first-order chi connectivity index (χ1) is 9.61. The summed E-state index contributed by atoms with van der Waals surface area (Å²) in [4.78, 5) is 17.1. The molecule has 0 spiro atoms. The Bertz CT molecular complexity index is 641. The number of aliphatic hydroxyl groups is 3. The number of hydrogen-bond acceptors (Lipinski definition) is 7. The molecule has 1 aliphatic rings. The second-order valence-electron chi connectivity index (χ2n) is 3.81. The van der Waals surface area contributed by atoms with Gasteiger partial charge in [0.15, 0.2) is 0 Å².